The van der Waals surface area contributed by atoms with Gasteiger partial charge in [-0.05, 0) is 30.3 Å². The quantitative estimate of drug-likeness (QED) is 0.781. The highest BCUT2D eigenvalue weighted by Gasteiger charge is 2.22. The van der Waals surface area contributed by atoms with Crippen molar-refractivity contribution in [1.29, 1.82) is 0 Å². The molecule has 0 aromatic carbocycles. The van der Waals surface area contributed by atoms with Gasteiger partial charge in [0.1, 0.15) is 5.71 Å². The van der Waals surface area contributed by atoms with E-state index in [1.54, 1.807) is 0 Å². The highest BCUT2D eigenvalue weighted by atomic mass is 16.1. The van der Waals surface area contributed by atoms with Crippen molar-refractivity contribution in [1.82, 2.24) is 0 Å². The molecule has 3 nitrogen and oxygen atoms in total. The van der Waals surface area contributed by atoms with Crippen LogP contribution in [0.25, 0.3) is 0 Å². The van der Waals surface area contributed by atoms with Crippen LogP contribution in [0.2, 0.25) is 0 Å². The van der Waals surface area contributed by atoms with Crippen molar-refractivity contribution >= 4 is 11.6 Å². The molecule has 1 heterocycles. The number of allylic oxidation sites excluding steroid dienone is 1. The lowest BCUT2D eigenvalue weighted by molar-refractivity contribution is -0.111. The molecule has 0 spiro atoms. The van der Waals surface area contributed by atoms with E-state index < -0.39 is 5.91 Å². The summed E-state index contributed by atoms with van der Waals surface area (Å²) in [6.07, 6.45) is 2.91. The van der Waals surface area contributed by atoms with Crippen LogP contribution in [0.15, 0.2) is 16.6 Å². The van der Waals surface area contributed by atoms with Crippen LogP contribution >= 0.6 is 0 Å². The van der Waals surface area contributed by atoms with Gasteiger partial charge in [-0.25, -0.2) is 0 Å². The summed E-state index contributed by atoms with van der Waals surface area (Å²) in [5.74, 6) is 1.13. The molecule has 1 rings (SSSR count). The number of nitrogens with zero attached hydrogens (tertiary/aromatic N) is 1. The maximum atomic E-state index is 11.2. The van der Waals surface area contributed by atoms with Gasteiger partial charge in [-0.15, -0.1) is 0 Å². The van der Waals surface area contributed by atoms with E-state index in [4.69, 9.17) is 5.73 Å². The predicted octanol–water partition coefficient (Wildman–Crippen LogP) is 2.17. The number of primary amides is 1. The minimum Gasteiger partial charge on any atom is -0.364 e. The summed E-state index contributed by atoms with van der Waals surface area (Å²) in [7, 11) is 0. The Hall–Kier alpha value is -1.12. The van der Waals surface area contributed by atoms with Crippen LogP contribution < -0.4 is 5.73 Å². The second kappa shape index (κ2) is 5.28. The van der Waals surface area contributed by atoms with Gasteiger partial charge in [-0.1, -0.05) is 33.3 Å². The fourth-order valence-corrected chi connectivity index (χ4v) is 1.98. The molecule has 1 aliphatic heterocycles. The van der Waals surface area contributed by atoms with Crippen LogP contribution in [0.1, 0.15) is 34.1 Å². The molecule has 0 saturated heterocycles. The molecule has 2 N–H and O–H groups in total. The molecular weight excluding hydrogens is 200 g/mol. The van der Waals surface area contributed by atoms with Crippen LogP contribution in [-0.2, 0) is 4.79 Å². The Bertz CT molecular complexity index is 329. The van der Waals surface area contributed by atoms with Gasteiger partial charge in [0.15, 0.2) is 0 Å². The third-order valence-electron chi connectivity index (χ3n) is 3.21. The van der Waals surface area contributed by atoms with Crippen molar-refractivity contribution in [2.45, 2.75) is 34.1 Å². The smallest absolute Gasteiger partial charge is 0.266 e. The van der Waals surface area contributed by atoms with Gasteiger partial charge in [0.2, 0.25) is 0 Å². The molecule has 0 radical (unpaired) electrons. The summed E-state index contributed by atoms with van der Waals surface area (Å²) < 4.78 is 0. The minimum atomic E-state index is -0.414. The summed E-state index contributed by atoms with van der Waals surface area (Å²) in [4.78, 5) is 15.5. The second-order valence-electron chi connectivity index (χ2n) is 5.17. The number of carbonyl (C=O) groups excluding carboxylic acids is 1. The normalized spacial score (nSPS) is 26.1. The molecule has 3 heteroatoms. The predicted molar refractivity (Wildman–Crippen MR) is 67.4 cm³/mol. The Labute approximate surface area is 97.8 Å². The number of rotatable bonds is 3. The van der Waals surface area contributed by atoms with E-state index in [0.717, 1.165) is 6.42 Å². The molecule has 0 aliphatic carbocycles. The van der Waals surface area contributed by atoms with Crippen molar-refractivity contribution in [3.8, 4) is 0 Å². The van der Waals surface area contributed by atoms with E-state index in [1.165, 1.54) is 5.57 Å². The lowest BCUT2D eigenvalue weighted by Crippen LogP contribution is -2.22. The molecule has 1 aliphatic rings. The Balaban J connectivity index is 2.98. The first-order chi connectivity index (χ1) is 7.41. The Morgan fingerprint density at radius 3 is 2.69 bits per heavy atom. The first kappa shape index (κ1) is 12.9. The average molecular weight is 222 g/mol. The molecule has 0 bridgehead atoms. The fourth-order valence-electron chi connectivity index (χ4n) is 1.98. The standard InChI is InChI=1S/C13H22N2O/c1-8(2)5-11-6-12(13(14)16)15-7-9(3)10(11)4/h6,8-10H,5,7H2,1-4H3,(H2,14,16). The molecule has 0 aromatic heterocycles. The van der Waals surface area contributed by atoms with Crippen molar-refractivity contribution in [2.24, 2.45) is 28.5 Å². The van der Waals surface area contributed by atoms with Gasteiger partial charge in [-0.3, -0.25) is 9.79 Å². The molecule has 0 aromatic rings. The van der Waals surface area contributed by atoms with E-state index in [-0.39, 0.29) is 0 Å². The van der Waals surface area contributed by atoms with Crippen molar-refractivity contribution in [3.05, 3.63) is 11.6 Å². The van der Waals surface area contributed by atoms with Gasteiger partial charge in [-0.2, -0.15) is 0 Å². The second-order valence-corrected chi connectivity index (χ2v) is 5.17. The minimum absolute atomic E-state index is 0.414. The summed E-state index contributed by atoms with van der Waals surface area (Å²) in [6, 6.07) is 0. The van der Waals surface area contributed by atoms with Gasteiger partial charge in [0, 0.05) is 6.54 Å². The Kier molecular flexibility index (Phi) is 4.27. The van der Waals surface area contributed by atoms with Crippen molar-refractivity contribution < 1.29 is 4.79 Å². The highest BCUT2D eigenvalue weighted by Crippen LogP contribution is 2.28. The number of nitrogens with two attached hydrogens (primary N) is 1. The number of aliphatic imine (C=N–C) groups is 1. The molecule has 0 fully saturated rings. The lowest BCUT2D eigenvalue weighted by Gasteiger charge is -2.21. The molecule has 2 unspecified atom stereocenters. The SMILES string of the molecule is CC(C)CC1=CC(C(N)=O)=NCC(C)C1C. The molecule has 16 heavy (non-hydrogen) atoms. The van der Waals surface area contributed by atoms with Crippen molar-refractivity contribution in [3.63, 3.8) is 0 Å². The zero-order chi connectivity index (χ0) is 12.3. The molecule has 90 valence electrons. The van der Waals surface area contributed by atoms with Crippen LogP contribution in [0, 0.1) is 17.8 Å². The van der Waals surface area contributed by atoms with E-state index in [9.17, 15) is 4.79 Å². The summed E-state index contributed by atoms with van der Waals surface area (Å²) in [6.45, 7) is 9.44. The first-order valence-corrected chi connectivity index (χ1v) is 5.96. The third kappa shape index (κ3) is 3.19. The molecule has 1 amide bonds. The maximum absolute atomic E-state index is 11.2. The number of carbonyl (C=O) groups is 1. The average Bonchev–Trinajstić information content (AvgIpc) is 2.30. The van der Waals surface area contributed by atoms with Crippen LogP contribution in [-0.4, -0.2) is 18.2 Å². The zero-order valence-electron chi connectivity index (χ0n) is 10.7. The van der Waals surface area contributed by atoms with Crippen LogP contribution in [0.3, 0.4) is 0 Å². The largest absolute Gasteiger partial charge is 0.364 e. The highest BCUT2D eigenvalue weighted by molar-refractivity contribution is 6.43. The lowest BCUT2D eigenvalue weighted by atomic mass is 9.84. The topological polar surface area (TPSA) is 55.5 Å². The van der Waals surface area contributed by atoms with Gasteiger partial charge in [0.25, 0.3) is 5.91 Å². The maximum Gasteiger partial charge on any atom is 0.266 e. The van der Waals surface area contributed by atoms with Crippen LogP contribution in [0.4, 0.5) is 0 Å². The van der Waals surface area contributed by atoms with E-state index in [0.29, 0.717) is 30.0 Å². The number of hydrogen-bond acceptors (Lipinski definition) is 2. The summed E-state index contributed by atoms with van der Waals surface area (Å²) in [5, 5.41) is 0. The van der Waals surface area contributed by atoms with E-state index in [2.05, 4.69) is 32.7 Å². The molecule has 0 saturated carbocycles. The van der Waals surface area contributed by atoms with E-state index in [1.807, 2.05) is 6.08 Å². The number of amides is 1. The Morgan fingerprint density at radius 2 is 2.19 bits per heavy atom. The van der Waals surface area contributed by atoms with Gasteiger partial charge in [0.05, 0.1) is 0 Å². The number of hydrogen-bond donors (Lipinski definition) is 1. The van der Waals surface area contributed by atoms with Gasteiger partial charge >= 0.3 is 0 Å². The van der Waals surface area contributed by atoms with E-state index >= 15 is 0 Å². The fraction of sp³-hybridized carbons (Fsp3) is 0.692. The monoisotopic (exact) mass is 222 g/mol. The zero-order valence-corrected chi connectivity index (χ0v) is 10.7. The first-order valence-electron chi connectivity index (χ1n) is 5.96. The molecular formula is C13H22N2O. The van der Waals surface area contributed by atoms with Crippen LogP contribution in [0.5, 0.6) is 0 Å². The third-order valence-corrected chi connectivity index (χ3v) is 3.21. The summed E-state index contributed by atoms with van der Waals surface area (Å²) >= 11 is 0. The van der Waals surface area contributed by atoms with Gasteiger partial charge < -0.3 is 5.73 Å². The summed E-state index contributed by atoms with van der Waals surface area (Å²) in [5.41, 5.74) is 7.05. The van der Waals surface area contributed by atoms with Crippen molar-refractivity contribution in [2.75, 3.05) is 6.54 Å². The Morgan fingerprint density at radius 1 is 1.56 bits per heavy atom. The molecule has 2 atom stereocenters.